The van der Waals surface area contributed by atoms with Crippen LogP contribution in [0.4, 0.5) is 5.69 Å². The number of nitrogens with one attached hydrogen (secondary N) is 1. The van der Waals surface area contributed by atoms with E-state index in [1.165, 1.54) is 18.2 Å². The summed E-state index contributed by atoms with van der Waals surface area (Å²) in [4.78, 5) is 10.1. The molecule has 1 N–H and O–H groups in total. The van der Waals surface area contributed by atoms with Crippen LogP contribution >= 0.6 is 23.2 Å². The molecule has 0 aliphatic rings. The number of ether oxygens (including phenoxy) is 1. The van der Waals surface area contributed by atoms with E-state index < -0.39 is 4.92 Å². The Morgan fingerprint density at radius 3 is 2.29 bits per heavy atom. The highest BCUT2D eigenvalue weighted by Gasteiger charge is 2.13. The van der Waals surface area contributed by atoms with E-state index in [4.69, 9.17) is 27.9 Å². The molecule has 0 radical (unpaired) electrons. The summed E-state index contributed by atoms with van der Waals surface area (Å²) < 4.78 is 5.60. The first-order chi connectivity index (χ1) is 10.0. The van der Waals surface area contributed by atoms with Gasteiger partial charge in [0.2, 0.25) is 0 Å². The molecule has 7 heteroatoms. The first kappa shape index (κ1) is 15.6. The minimum Gasteiger partial charge on any atom is -0.457 e. The van der Waals surface area contributed by atoms with Gasteiger partial charge in [0, 0.05) is 23.7 Å². The van der Waals surface area contributed by atoms with Gasteiger partial charge >= 0.3 is 0 Å². The van der Waals surface area contributed by atoms with Gasteiger partial charge in [-0.25, -0.2) is 0 Å². The molecule has 0 amide bonds. The molecular weight excluding hydrogens is 315 g/mol. The summed E-state index contributed by atoms with van der Waals surface area (Å²) in [7, 11) is 1.83. The second kappa shape index (κ2) is 6.76. The van der Waals surface area contributed by atoms with E-state index in [-0.39, 0.29) is 10.7 Å². The highest BCUT2D eigenvalue weighted by Crippen LogP contribution is 2.32. The molecule has 0 saturated heterocycles. The molecule has 0 saturated carbocycles. The van der Waals surface area contributed by atoms with Crippen LogP contribution in [0, 0.1) is 10.1 Å². The standard InChI is InChI=1S/C14H12Cl2N2O3/c1-17-8-9-2-3-10(6-12(9)15)21-11-4-5-14(18(19)20)13(16)7-11/h2-7,17H,8H2,1H3. The third kappa shape index (κ3) is 3.85. The summed E-state index contributed by atoms with van der Waals surface area (Å²) in [5.74, 6) is 0.938. The second-order valence-corrected chi connectivity index (χ2v) is 5.07. The second-order valence-electron chi connectivity index (χ2n) is 4.26. The first-order valence-corrected chi connectivity index (χ1v) is 6.81. The zero-order chi connectivity index (χ0) is 15.4. The number of benzene rings is 2. The van der Waals surface area contributed by atoms with E-state index in [0.717, 1.165) is 5.56 Å². The van der Waals surface area contributed by atoms with Gasteiger partial charge in [-0.15, -0.1) is 0 Å². The van der Waals surface area contributed by atoms with Crippen LogP contribution in [-0.2, 0) is 6.54 Å². The van der Waals surface area contributed by atoms with Crippen molar-refractivity contribution in [2.24, 2.45) is 0 Å². The third-order valence-corrected chi connectivity index (χ3v) is 3.40. The fourth-order valence-electron chi connectivity index (χ4n) is 1.76. The molecule has 2 rings (SSSR count). The number of halogens is 2. The first-order valence-electron chi connectivity index (χ1n) is 6.06. The number of rotatable bonds is 5. The number of nitrogens with zero attached hydrogens (tertiary/aromatic N) is 1. The molecule has 0 aliphatic carbocycles. The molecule has 0 aliphatic heterocycles. The lowest BCUT2D eigenvalue weighted by molar-refractivity contribution is -0.384. The van der Waals surface area contributed by atoms with E-state index in [9.17, 15) is 10.1 Å². The highest BCUT2D eigenvalue weighted by molar-refractivity contribution is 6.32. The SMILES string of the molecule is CNCc1ccc(Oc2ccc([N+](=O)[O-])c(Cl)c2)cc1Cl. The maximum absolute atomic E-state index is 10.7. The fraction of sp³-hybridized carbons (Fsp3) is 0.143. The van der Waals surface area contributed by atoms with E-state index in [1.54, 1.807) is 12.1 Å². The quantitative estimate of drug-likeness (QED) is 0.652. The number of hydrogen-bond acceptors (Lipinski definition) is 4. The number of hydrogen-bond donors (Lipinski definition) is 1. The Bertz CT molecular complexity index is 677. The maximum atomic E-state index is 10.7. The number of nitro groups is 1. The topological polar surface area (TPSA) is 64.4 Å². The van der Waals surface area contributed by atoms with Crippen molar-refractivity contribution >= 4 is 28.9 Å². The van der Waals surface area contributed by atoms with Crippen LogP contribution in [0.1, 0.15) is 5.56 Å². The molecule has 2 aromatic rings. The molecule has 0 atom stereocenters. The van der Waals surface area contributed by atoms with Gasteiger partial charge in [0.05, 0.1) is 4.92 Å². The van der Waals surface area contributed by atoms with Crippen LogP contribution in [0.5, 0.6) is 11.5 Å². The fourth-order valence-corrected chi connectivity index (χ4v) is 2.24. The third-order valence-electron chi connectivity index (χ3n) is 2.74. The van der Waals surface area contributed by atoms with Gasteiger partial charge in [-0.3, -0.25) is 10.1 Å². The Labute approximate surface area is 131 Å². The molecule has 2 aromatic carbocycles. The predicted octanol–water partition coefficient (Wildman–Crippen LogP) is 4.41. The lowest BCUT2D eigenvalue weighted by Crippen LogP contribution is -2.05. The Balaban J connectivity index is 2.20. The molecule has 0 unspecified atom stereocenters. The molecule has 0 heterocycles. The summed E-state index contributed by atoms with van der Waals surface area (Å²) in [6.07, 6.45) is 0. The zero-order valence-corrected chi connectivity index (χ0v) is 12.6. The van der Waals surface area contributed by atoms with Gasteiger partial charge in [-0.1, -0.05) is 29.3 Å². The van der Waals surface area contributed by atoms with E-state index in [0.29, 0.717) is 23.1 Å². The van der Waals surface area contributed by atoms with Crippen molar-refractivity contribution in [2.45, 2.75) is 6.54 Å². The predicted molar refractivity (Wildman–Crippen MR) is 82.4 cm³/mol. The van der Waals surface area contributed by atoms with Gasteiger partial charge < -0.3 is 10.1 Å². The van der Waals surface area contributed by atoms with Crippen LogP contribution in [-0.4, -0.2) is 12.0 Å². The molecule has 0 spiro atoms. The van der Waals surface area contributed by atoms with Crippen LogP contribution in [0.25, 0.3) is 0 Å². The summed E-state index contributed by atoms with van der Waals surface area (Å²) in [5.41, 5.74) is 0.791. The lowest BCUT2D eigenvalue weighted by atomic mass is 10.2. The average Bonchev–Trinajstić information content (AvgIpc) is 2.41. The largest absolute Gasteiger partial charge is 0.457 e. The zero-order valence-electron chi connectivity index (χ0n) is 11.1. The maximum Gasteiger partial charge on any atom is 0.288 e. The van der Waals surface area contributed by atoms with Crippen molar-refractivity contribution in [2.75, 3.05) is 7.05 Å². The van der Waals surface area contributed by atoms with Gasteiger partial charge in [0.25, 0.3) is 5.69 Å². The summed E-state index contributed by atoms with van der Waals surface area (Å²) >= 11 is 12.0. The molecule has 0 aromatic heterocycles. The van der Waals surface area contributed by atoms with Crippen LogP contribution in [0.3, 0.4) is 0 Å². The molecule has 110 valence electrons. The minimum atomic E-state index is -0.546. The summed E-state index contributed by atoms with van der Waals surface area (Å²) in [6, 6.07) is 9.49. The van der Waals surface area contributed by atoms with Gasteiger partial charge in [0.15, 0.2) is 0 Å². The van der Waals surface area contributed by atoms with Crippen molar-refractivity contribution in [3.63, 3.8) is 0 Å². The molecule has 21 heavy (non-hydrogen) atoms. The van der Waals surface area contributed by atoms with Crippen LogP contribution < -0.4 is 10.1 Å². The van der Waals surface area contributed by atoms with Crippen molar-refractivity contribution in [3.05, 3.63) is 62.1 Å². The van der Waals surface area contributed by atoms with Crippen molar-refractivity contribution in [1.82, 2.24) is 5.32 Å². The van der Waals surface area contributed by atoms with Gasteiger partial charge in [-0.2, -0.15) is 0 Å². The molecule has 0 fully saturated rings. The van der Waals surface area contributed by atoms with Crippen LogP contribution in [0.2, 0.25) is 10.0 Å². The van der Waals surface area contributed by atoms with Crippen LogP contribution in [0.15, 0.2) is 36.4 Å². The van der Waals surface area contributed by atoms with Gasteiger partial charge in [-0.05, 0) is 30.8 Å². The summed E-state index contributed by atoms with van der Waals surface area (Å²) in [5, 5.41) is 14.3. The normalized spacial score (nSPS) is 10.4. The minimum absolute atomic E-state index is 0.0235. The van der Waals surface area contributed by atoms with Crippen molar-refractivity contribution in [3.8, 4) is 11.5 Å². The van der Waals surface area contributed by atoms with Crippen molar-refractivity contribution in [1.29, 1.82) is 0 Å². The smallest absolute Gasteiger partial charge is 0.288 e. The molecule has 5 nitrogen and oxygen atoms in total. The lowest BCUT2D eigenvalue weighted by Gasteiger charge is -2.09. The van der Waals surface area contributed by atoms with E-state index in [2.05, 4.69) is 5.32 Å². The van der Waals surface area contributed by atoms with Crippen molar-refractivity contribution < 1.29 is 9.66 Å². The Hall–Kier alpha value is -1.82. The average molecular weight is 327 g/mol. The Kier molecular flexibility index (Phi) is 5.01. The van der Waals surface area contributed by atoms with E-state index in [1.807, 2.05) is 13.1 Å². The highest BCUT2D eigenvalue weighted by atomic mass is 35.5. The van der Waals surface area contributed by atoms with Gasteiger partial charge in [0.1, 0.15) is 16.5 Å². The monoisotopic (exact) mass is 326 g/mol. The van der Waals surface area contributed by atoms with E-state index >= 15 is 0 Å². The Morgan fingerprint density at radius 2 is 1.76 bits per heavy atom. The number of nitro benzene ring substituents is 1. The molecule has 0 bridgehead atoms. The summed E-state index contributed by atoms with van der Waals surface area (Å²) in [6.45, 7) is 0.655. The Morgan fingerprint density at radius 1 is 1.14 bits per heavy atom. The molecular formula is C14H12Cl2N2O3.